The largest absolute Gasteiger partial charge is 0.396 e. The van der Waals surface area contributed by atoms with Crippen LogP contribution < -0.4 is 10.6 Å². The van der Waals surface area contributed by atoms with Crippen molar-refractivity contribution in [1.82, 2.24) is 4.98 Å². The van der Waals surface area contributed by atoms with Crippen LogP contribution in [0.1, 0.15) is 20.3 Å². The van der Waals surface area contributed by atoms with Crippen LogP contribution in [0.2, 0.25) is 0 Å². The average molecular weight is 283 g/mol. The molecule has 0 atom stereocenters. The Morgan fingerprint density at radius 1 is 1.62 bits per heavy atom. The molecule has 0 fully saturated rings. The van der Waals surface area contributed by atoms with Gasteiger partial charge in [-0.1, -0.05) is 0 Å². The molecule has 0 aromatic carbocycles. The molecule has 0 aliphatic carbocycles. The van der Waals surface area contributed by atoms with Gasteiger partial charge in [0.05, 0.1) is 18.2 Å². The van der Waals surface area contributed by atoms with E-state index in [0.717, 1.165) is 10.3 Å². The Kier molecular flexibility index (Phi) is 4.56. The first-order valence-corrected chi connectivity index (χ1v) is 5.90. The smallest absolute Gasteiger partial charge is 0.152 e. The molecule has 0 amide bonds. The third-order valence-corrected chi connectivity index (χ3v) is 2.66. The van der Waals surface area contributed by atoms with Gasteiger partial charge in [-0.15, -0.1) is 0 Å². The van der Waals surface area contributed by atoms with Crippen LogP contribution >= 0.6 is 15.9 Å². The summed E-state index contributed by atoms with van der Waals surface area (Å²) < 4.78 is 0.859. The number of hydrogen-bond acceptors (Lipinski definition) is 4. The van der Waals surface area contributed by atoms with Crippen LogP contribution in [0.5, 0.6) is 0 Å². The molecule has 86 valence electrons. The Morgan fingerprint density at radius 3 is 2.81 bits per heavy atom. The molecule has 0 aliphatic heterocycles. The molecule has 1 rings (SSSR count). The van der Waals surface area contributed by atoms with E-state index < -0.39 is 0 Å². The Morgan fingerprint density at radius 2 is 2.31 bits per heavy atom. The lowest BCUT2D eigenvalue weighted by Crippen LogP contribution is -2.33. The summed E-state index contributed by atoms with van der Waals surface area (Å²) in [4.78, 5) is 6.33. The van der Waals surface area contributed by atoms with Crippen molar-refractivity contribution >= 4 is 27.4 Å². The maximum Gasteiger partial charge on any atom is 0.152 e. The molecular weight excluding hydrogens is 268 g/mol. The highest BCUT2D eigenvalue weighted by Gasteiger charge is 2.14. The van der Waals surface area contributed by atoms with E-state index in [-0.39, 0.29) is 6.04 Å². The SMILES string of the molecule is CC(C)N(CCC#N)c1ncc(Br)cc1N. The fourth-order valence-corrected chi connectivity index (χ4v) is 1.82. The van der Waals surface area contributed by atoms with Crippen molar-refractivity contribution in [2.75, 3.05) is 17.2 Å². The highest BCUT2D eigenvalue weighted by atomic mass is 79.9. The van der Waals surface area contributed by atoms with Crippen LogP contribution in [0.15, 0.2) is 16.7 Å². The maximum absolute atomic E-state index is 8.62. The van der Waals surface area contributed by atoms with Gasteiger partial charge in [-0.2, -0.15) is 5.26 Å². The summed E-state index contributed by atoms with van der Waals surface area (Å²) in [6, 6.07) is 4.23. The fourth-order valence-electron chi connectivity index (χ4n) is 1.47. The highest BCUT2D eigenvalue weighted by molar-refractivity contribution is 9.10. The van der Waals surface area contributed by atoms with Gasteiger partial charge in [-0.25, -0.2) is 4.98 Å². The van der Waals surface area contributed by atoms with Crippen LogP contribution in [-0.2, 0) is 0 Å². The molecule has 1 heterocycles. The van der Waals surface area contributed by atoms with Gasteiger partial charge in [0.1, 0.15) is 0 Å². The molecule has 4 nitrogen and oxygen atoms in total. The minimum absolute atomic E-state index is 0.268. The molecule has 5 heteroatoms. The van der Waals surface area contributed by atoms with Crippen molar-refractivity contribution in [2.24, 2.45) is 0 Å². The first kappa shape index (κ1) is 12.8. The minimum Gasteiger partial charge on any atom is -0.396 e. The molecule has 0 saturated heterocycles. The lowest BCUT2D eigenvalue weighted by Gasteiger charge is -2.28. The van der Waals surface area contributed by atoms with Crippen molar-refractivity contribution in [3.05, 3.63) is 16.7 Å². The third kappa shape index (κ3) is 3.11. The van der Waals surface area contributed by atoms with Crippen LogP contribution in [0, 0.1) is 11.3 Å². The standard InChI is InChI=1S/C11H15BrN4/c1-8(2)16(5-3-4-13)11-10(14)6-9(12)7-15-11/h6-8H,3,5,14H2,1-2H3. The van der Waals surface area contributed by atoms with Crippen LogP contribution in [-0.4, -0.2) is 17.6 Å². The molecule has 0 radical (unpaired) electrons. The number of anilines is 2. The number of rotatable bonds is 4. The van der Waals surface area contributed by atoms with Crippen LogP contribution in [0.3, 0.4) is 0 Å². The number of nitrogen functional groups attached to an aromatic ring is 1. The molecule has 0 bridgehead atoms. The van der Waals surface area contributed by atoms with Gasteiger partial charge in [0.15, 0.2) is 5.82 Å². The summed E-state index contributed by atoms with van der Waals surface area (Å²) in [5, 5.41) is 8.62. The van der Waals surface area contributed by atoms with Crippen molar-refractivity contribution < 1.29 is 0 Å². The predicted octanol–water partition coefficient (Wildman–Crippen LogP) is 2.55. The van der Waals surface area contributed by atoms with Crippen molar-refractivity contribution in [2.45, 2.75) is 26.3 Å². The number of nitriles is 1. The molecule has 2 N–H and O–H groups in total. The Balaban J connectivity index is 2.97. The van der Waals surface area contributed by atoms with Crippen molar-refractivity contribution in [1.29, 1.82) is 5.26 Å². The number of hydrogen-bond donors (Lipinski definition) is 1. The maximum atomic E-state index is 8.62. The first-order valence-electron chi connectivity index (χ1n) is 5.11. The van der Waals surface area contributed by atoms with Gasteiger partial charge in [0, 0.05) is 23.3 Å². The molecule has 0 saturated carbocycles. The fraction of sp³-hybridized carbons (Fsp3) is 0.455. The summed E-state index contributed by atoms with van der Waals surface area (Å²) in [5.41, 5.74) is 6.54. The second-order valence-electron chi connectivity index (χ2n) is 3.76. The van der Waals surface area contributed by atoms with E-state index in [4.69, 9.17) is 11.0 Å². The van der Waals surface area contributed by atoms with E-state index in [2.05, 4.69) is 40.8 Å². The van der Waals surface area contributed by atoms with Crippen molar-refractivity contribution in [3.63, 3.8) is 0 Å². The molecular formula is C11H15BrN4. The van der Waals surface area contributed by atoms with Gasteiger partial charge in [-0.05, 0) is 35.8 Å². The monoisotopic (exact) mass is 282 g/mol. The Labute approximate surface area is 104 Å². The summed E-state index contributed by atoms with van der Waals surface area (Å²) in [7, 11) is 0. The summed E-state index contributed by atoms with van der Waals surface area (Å²) in [5.74, 6) is 0.744. The molecule has 16 heavy (non-hydrogen) atoms. The number of halogens is 1. The quantitative estimate of drug-likeness (QED) is 0.922. The van der Waals surface area contributed by atoms with Gasteiger partial charge in [-0.3, -0.25) is 0 Å². The van der Waals surface area contributed by atoms with E-state index >= 15 is 0 Å². The second-order valence-corrected chi connectivity index (χ2v) is 4.68. The lowest BCUT2D eigenvalue weighted by atomic mass is 10.2. The van der Waals surface area contributed by atoms with E-state index in [1.165, 1.54) is 0 Å². The Bertz CT molecular complexity index is 397. The Hall–Kier alpha value is -1.28. The minimum atomic E-state index is 0.268. The van der Waals surface area contributed by atoms with E-state index in [1.807, 2.05) is 11.0 Å². The van der Waals surface area contributed by atoms with E-state index in [1.54, 1.807) is 6.20 Å². The number of nitrogens with two attached hydrogens (primary N) is 1. The zero-order valence-corrected chi connectivity index (χ0v) is 11.0. The molecule has 0 aliphatic rings. The van der Waals surface area contributed by atoms with Gasteiger partial charge in [0.2, 0.25) is 0 Å². The molecule has 1 aromatic heterocycles. The van der Waals surface area contributed by atoms with Gasteiger partial charge in [0.25, 0.3) is 0 Å². The number of pyridine rings is 1. The molecule has 0 spiro atoms. The topological polar surface area (TPSA) is 65.9 Å². The van der Waals surface area contributed by atoms with E-state index in [9.17, 15) is 0 Å². The van der Waals surface area contributed by atoms with Gasteiger partial charge >= 0.3 is 0 Å². The van der Waals surface area contributed by atoms with Crippen molar-refractivity contribution in [3.8, 4) is 6.07 Å². The molecule has 0 unspecified atom stereocenters. The normalized spacial score (nSPS) is 10.2. The number of aromatic nitrogens is 1. The second kappa shape index (κ2) is 5.71. The number of nitrogens with zero attached hydrogens (tertiary/aromatic N) is 3. The zero-order chi connectivity index (χ0) is 12.1. The molecule has 1 aromatic rings. The zero-order valence-electron chi connectivity index (χ0n) is 9.44. The summed E-state index contributed by atoms with van der Waals surface area (Å²) in [6.07, 6.45) is 2.18. The van der Waals surface area contributed by atoms with Crippen LogP contribution in [0.25, 0.3) is 0 Å². The lowest BCUT2D eigenvalue weighted by molar-refractivity contribution is 0.678. The third-order valence-electron chi connectivity index (χ3n) is 2.22. The average Bonchev–Trinajstić information content (AvgIpc) is 2.20. The summed E-state index contributed by atoms with van der Waals surface area (Å²) in [6.45, 7) is 4.76. The van der Waals surface area contributed by atoms with Gasteiger partial charge < -0.3 is 10.6 Å². The van der Waals surface area contributed by atoms with E-state index in [0.29, 0.717) is 18.7 Å². The first-order chi connectivity index (χ1) is 7.56. The van der Waals surface area contributed by atoms with Crippen LogP contribution in [0.4, 0.5) is 11.5 Å². The predicted molar refractivity (Wildman–Crippen MR) is 69.1 cm³/mol. The summed E-state index contributed by atoms with van der Waals surface area (Å²) >= 11 is 3.32. The highest BCUT2D eigenvalue weighted by Crippen LogP contribution is 2.25.